The van der Waals surface area contributed by atoms with E-state index in [1.54, 1.807) is 0 Å². The van der Waals surface area contributed by atoms with Crippen LogP contribution in [0.25, 0.3) is 11.1 Å². The van der Waals surface area contributed by atoms with Crippen LogP contribution in [0.2, 0.25) is 0 Å². The highest BCUT2D eigenvalue weighted by atomic mass is 32.2. The Morgan fingerprint density at radius 1 is 1.13 bits per heavy atom. The van der Waals surface area contributed by atoms with Gasteiger partial charge in [0.1, 0.15) is 0 Å². The first-order valence-corrected chi connectivity index (χ1v) is 12.4. The number of hydrogen-bond acceptors (Lipinski definition) is 3. The smallest absolute Gasteiger partial charge is 0.241 e. The first kappa shape index (κ1) is 22.0. The molecule has 1 saturated carbocycles. The Hall–Kier alpha value is -2.25. The van der Waals surface area contributed by atoms with Gasteiger partial charge >= 0.3 is 0 Å². The zero-order valence-corrected chi connectivity index (χ0v) is 18.7. The number of sulfonamides is 1. The van der Waals surface area contributed by atoms with Gasteiger partial charge in [-0.25, -0.2) is 17.5 Å². The molecule has 1 spiro atoms. The van der Waals surface area contributed by atoms with Gasteiger partial charge in [0, 0.05) is 23.9 Å². The quantitative estimate of drug-likeness (QED) is 0.707. The van der Waals surface area contributed by atoms with E-state index in [0.29, 0.717) is 13.0 Å². The maximum absolute atomic E-state index is 13.1. The number of carbonyl (C=O) groups excluding carboxylic acids is 1. The minimum absolute atomic E-state index is 0.0115. The molecule has 1 aliphatic carbocycles. The van der Waals surface area contributed by atoms with Gasteiger partial charge in [-0.1, -0.05) is 68.4 Å². The fourth-order valence-corrected chi connectivity index (χ4v) is 5.61. The predicted molar refractivity (Wildman–Crippen MR) is 119 cm³/mol. The fourth-order valence-electron chi connectivity index (χ4n) is 4.75. The molecule has 1 N–H and O–H groups in total. The van der Waals surface area contributed by atoms with Crippen LogP contribution in [-0.4, -0.2) is 43.9 Å². The van der Waals surface area contributed by atoms with Crippen LogP contribution >= 0.6 is 0 Å². The van der Waals surface area contributed by atoms with Crippen LogP contribution in [0, 0.1) is 11.3 Å². The van der Waals surface area contributed by atoms with Crippen LogP contribution < -0.4 is 4.72 Å². The average Bonchev–Trinajstić information content (AvgIpc) is 3.49. The van der Waals surface area contributed by atoms with E-state index in [2.05, 4.69) is 10.8 Å². The standard InChI is InChI=1S/C24H29FN2O3S/c1-17(2)23(28)27-15-24(11-12-24)22(26-31(29,30)16-25)21(27)14-18-7-6-10-20(13-18)19-8-4-3-5-9-19/h3-10,13,17,21-22,26H,11-12,14-16H2,1-2H3. The molecule has 1 heterocycles. The molecule has 0 bridgehead atoms. The van der Waals surface area contributed by atoms with Crippen molar-refractivity contribution < 1.29 is 17.6 Å². The predicted octanol–water partition coefficient (Wildman–Crippen LogP) is 3.76. The zero-order valence-electron chi connectivity index (χ0n) is 17.9. The first-order chi connectivity index (χ1) is 14.7. The molecule has 4 rings (SSSR count). The molecule has 31 heavy (non-hydrogen) atoms. The van der Waals surface area contributed by atoms with Crippen molar-refractivity contribution in [1.29, 1.82) is 0 Å². The Labute approximate surface area is 183 Å². The van der Waals surface area contributed by atoms with Crippen molar-refractivity contribution in [3.8, 4) is 11.1 Å². The second-order valence-electron chi connectivity index (χ2n) is 9.14. The van der Waals surface area contributed by atoms with Crippen LogP contribution in [0.3, 0.4) is 0 Å². The summed E-state index contributed by atoms with van der Waals surface area (Å²) in [6.45, 7) is 4.23. The normalized spacial score (nSPS) is 22.3. The van der Waals surface area contributed by atoms with Gasteiger partial charge in [-0.2, -0.15) is 0 Å². The summed E-state index contributed by atoms with van der Waals surface area (Å²) in [6.07, 6.45) is 2.20. The Bertz CT molecular complexity index is 1050. The van der Waals surface area contributed by atoms with E-state index in [1.807, 2.05) is 67.3 Å². The number of amides is 1. The molecule has 0 aromatic heterocycles. The number of likely N-dealkylation sites (tertiary alicyclic amines) is 1. The van der Waals surface area contributed by atoms with Crippen molar-refractivity contribution in [3.63, 3.8) is 0 Å². The van der Waals surface area contributed by atoms with E-state index in [9.17, 15) is 17.6 Å². The molecule has 2 aromatic rings. The molecular weight excluding hydrogens is 415 g/mol. The number of alkyl halides is 1. The molecular formula is C24H29FN2O3S. The molecule has 2 atom stereocenters. The minimum Gasteiger partial charge on any atom is -0.337 e. The topological polar surface area (TPSA) is 66.5 Å². The maximum Gasteiger partial charge on any atom is 0.241 e. The number of nitrogens with one attached hydrogen (secondary N) is 1. The van der Waals surface area contributed by atoms with Crippen molar-refractivity contribution in [1.82, 2.24) is 9.62 Å². The molecule has 1 amide bonds. The monoisotopic (exact) mass is 444 g/mol. The number of halogens is 1. The van der Waals surface area contributed by atoms with Crippen molar-refractivity contribution >= 4 is 15.9 Å². The Morgan fingerprint density at radius 2 is 1.81 bits per heavy atom. The summed E-state index contributed by atoms with van der Waals surface area (Å²) in [5.74, 6) is -0.178. The van der Waals surface area contributed by atoms with Gasteiger partial charge in [-0.15, -0.1) is 0 Å². The molecule has 2 fully saturated rings. The van der Waals surface area contributed by atoms with Gasteiger partial charge in [-0.05, 0) is 36.0 Å². The van der Waals surface area contributed by atoms with E-state index in [0.717, 1.165) is 29.5 Å². The second-order valence-corrected chi connectivity index (χ2v) is 10.8. The van der Waals surface area contributed by atoms with E-state index < -0.39 is 22.1 Å². The number of nitrogens with zero attached hydrogens (tertiary/aromatic N) is 1. The molecule has 0 radical (unpaired) electrons. The van der Waals surface area contributed by atoms with Crippen molar-refractivity contribution in [2.75, 3.05) is 12.6 Å². The highest BCUT2D eigenvalue weighted by Gasteiger charge is 2.61. The van der Waals surface area contributed by atoms with E-state index in [1.165, 1.54) is 0 Å². The highest BCUT2D eigenvalue weighted by Crippen LogP contribution is 2.55. The molecule has 7 heteroatoms. The SMILES string of the molecule is CC(C)C(=O)N1CC2(CC2)C(NS(=O)(=O)CF)C1Cc1cccc(-c2ccccc2)c1. The van der Waals surface area contributed by atoms with Crippen LogP contribution in [0.1, 0.15) is 32.3 Å². The first-order valence-electron chi connectivity index (χ1n) is 10.8. The highest BCUT2D eigenvalue weighted by molar-refractivity contribution is 7.89. The molecule has 1 saturated heterocycles. The van der Waals surface area contributed by atoms with E-state index in [4.69, 9.17) is 0 Å². The molecule has 2 unspecified atom stereocenters. The maximum atomic E-state index is 13.1. The lowest BCUT2D eigenvalue weighted by Gasteiger charge is -2.30. The van der Waals surface area contributed by atoms with Crippen LogP contribution in [0.5, 0.6) is 0 Å². The van der Waals surface area contributed by atoms with Gasteiger partial charge in [0.25, 0.3) is 0 Å². The molecule has 2 aromatic carbocycles. The number of rotatable bonds is 7. The van der Waals surface area contributed by atoms with E-state index >= 15 is 0 Å². The number of carbonyl (C=O) groups is 1. The summed E-state index contributed by atoms with van der Waals surface area (Å²) >= 11 is 0. The lowest BCUT2D eigenvalue weighted by atomic mass is 9.91. The molecule has 1 aliphatic heterocycles. The lowest BCUT2D eigenvalue weighted by molar-refractivity contribution is -0.135. The van der Waals surface area contributed by atoms with Gasteiger partial charge in [0.05, 0.1) is 6.04 Å². The lowest BCUT2D eigenvalue weighted by Crippen LogP contribution is -2.50. The summed E-state index contributed by atoms with van der Waals surface area (Å²) in [7, 11) is -4.03. The number of benzene rings is 2. The average molecular weight is 445 g/mol. The third-order valence-electron chi connectivity index (χ3n) is 6.53. The minimum atomic E-state index is -4.03. The third-order valence-corrected chi connectivity index (χ3v) is 7.43. The van der Waals surface area contributed by atoms with Gasteiger partial charge in [0.2, 0.25) is 21.9 Å². The zero-order chi connectivity index (χ0) is 22.2. The largest absolute Gasteiger partial charge is 0.337 e. The van der Waals surface area contributed by atoms with Crippen molar-refractivity contribution in [3.05, 3.63) is 60.2 Å². The van der Waals surface area contributed by atoms with Crippen LogP contribution in [-0.2, 0) is 21.2 Å². The Balaban J connectivity index is 1.67. The van der Waals surface area contributed by atoms with Crippen molar-refractivity contribution in [2.45, 2.75) is 45.2 Å². The summed E-state index contributed by atoms with van der Waals surface area (Å²) in [6, 6.07) is 15.9. The number of hydrogen-bond donors (Lipinski definition) is 1. The second kappa shape index (κ2) is 8.36. The fraction of sp³-hybridized carbons (Fsp3) is 0.458. The Morgan fingerprint density at radius 3 is 2.42 bits per heavy atom. The third kappa shape index (κ3) is 4.53. The summed E-state index contributed by atoms with van der Waals surface area (Å²) in [5, 5.41) is 0. The van der Waals surface area contributed by atoms with Crippen molar-refractivity contribution in [2.24, 2.45) is 11.3 Å². The summed E-state index contributed by atoms with van der Waals surface area (Å²) < 4.78 is 40.0. The molecule has 5 nitrogen and oxygen atoms in total. The van der Waals surface area contributed by atoms with Gasteiger partial charge < -0.3 is 4.90 Å². The Kier molecular flexibility index (Phi) is 5.92. The van der Waals surface area contributed by atoms with Crippen LogP contribution in [0.4, 0.5) is 4.39 Å². The van der Waals surface area contributed by atoms with Gasteiger partial charge in [0.15, 0.2) is 0 Å². The molecule has 166 valence electrons. The summed E-state index contributed by atoms with van der Waals surface area (Å²) in [5.41, 5.74) is 2.91. The summed E-state index contributed by atoms with van der Waals surface area (Å²) in [4.78, 5) is 14.8. The van der Waals surface area contributed by atoms with Crippen LogP contribution in [0.15, 0.2) is 54.6 Å². The van der Waals surface area contributed by atoms with Gasteiger partial charge in [-0.3, -0.25) is 4.79 Å². The molecule has 2 aliphatic rings. The van der Waals surface area contributed by atoms with E-state index in [-0.39, 0.29) is 23.3 Å².